The summed E-state index contributed by atoms with van der Waals surface area (Å²) in [6.07, 6.45) is 13.0. The third-order valence-corrected chi connectivity index (χ3v) is 4.10. The van der Waals surface area contributed by atoms with Crippen LogP contribution in [0.2, 0.25) is 0 Å². The van der Waals surface area contributed by atoms with E-state index in [0.717, 1.165) is 19.3 Å². The molecule has 0 heterocycles. The van der Waals surface area contributed by atoms with Gasteiger partial charge >= 0.3 is 5.97 Å². The molecule has 0 atom stereocenters. The van der Waals surface area contributed by atoms with E-state index in [9.17, 15) is 4.79 Å². The van der Waals surface area contributed by atoms with Crippen LogP contribution in [0.5, 0.6) is 0 Å². The second-order valence-electron chi connectivity index (χ2n) is 6.31. The molecule has 132 valence electrons. The summed E-state index contributed by atoms with van der Waals surface area (Å²) in [4.78, 5) is 10.8. The molecular formula is C20H40O2. The van der Waals surface area contributed by atoms with Crippen LogP contribution in [0.25, 0.3) is 0 Å². The monoisotopic (exact) mass is 316 g/mol. The number of hydrogen-bond donors (Lipinski definition) is 1. The van der Waals surface area contributed by atoms with Crippen molar-refractivity contribution in [2.24, 2.45) is 0 Å². The Balaban J connectivity index is 3.43. The van der Waals surface area contributed by atoms with E-state index in [0.29, 0.717) is 6.42 Å². The van der Waals surface area contributed by atoms with Crippen molar-refractivity contribution in [3.63, 3.8) is 0 Å². The molecule has 0 aromatic carbocycles. The Labute approximate surface area is 144 Å². The minimum absolute atomic E-state index is 0.0371. The van der Waals surface area contributed by atoms with Gasteiger partial charge in [-0.25, -0.2) is 0 Å². The molecule has 0 unspecified atom stereocenters. The van der Waals surface area contributed by atoms with Crippen LogP contribution < -0.4 is 0 Å². The highest BCUT2D eigenvalue weighted by molar-refractivity contribution is 5.66. The zero-order chi connectivity index (χ0) is 19.9. The molecule has 0 aliphatic heterocycles. The third-order valence-electron chi connectivity index (χ3n) is 4.10. The van der Waals surface area contributed by atoms with E-state index in [-0.39, 0.29) is 6.42 Å². The van der Waals surface area contributed by atoms with Crippen LogP contribution in [0.1, 0.15) is 128 Å². The van der Waals surface area contributed by atoms with Gasteiger partial charge in [-0.2, -0.15) is 0 Å². The summed E-state index contributed by atoms with van der Waals surface area (Å²) in [7, 11) is 0. The number of aliphatic carboxylic acids is 1. The predicted octanol–water partition coefficient (Wildman–Crippen LogP) is 7.11. The standard InChI is InChI=1S/C20H40O2/c1-2-3-4-5-6-7-8-9-10-11-12-13-14-15-16-17-18-19-20(21)22/h2-19H2,1H3,(H,21,22)/i18D2,19D2. The fourth-order valence-electron chi connectivity index (χ4n) is 2.72. The fourth-order valence-corrected chi connectivity index (χ4v) is 2.72. The molecule has 0 radical (unpaired) electrons. The molecule has 0 amide bonds. The van der Waals surface area contributed by atoms with Gasteiger partial charge in [-0.3, -0.25) is 4.79 Å². The van der Waals surface area contributed by atoms with Crippen molar-refractivity contribution in [2.75, 3.05) is 0 Å². The van der Waals surface area contributed by atoms with E-state index >= 15 is 0 Å². The van der Waals surface area contributed by atoms with Gasteiger partial charge in [0.25, 0.3) is 0 Å². The van der Waals surface area contributed by atoms with Gasteiger partial charge in [-0.1, -0.05) is 110 Å². The van der Waals surface area contributed by atoms with E-state index in [1.165, 1.54) is 70.6 Å². The van der Waals surface area contributed by atoms with Crippen LogP contribution in [0.15, 0.2) is 0 Å². The summed E-state index contributed by atoms with van der Waals surface area (Å²) >= 11 is 0. The van der Waals surface area contributed by atoms with Gasteiger partial charge in [0.2, 0.25) is 0 Å². The van der Waals surface area contributed by atoms with Crippen molar-refractivity contribution >= 4 is 5.97 Å². The summed E-state index contributed by atoms with van der Waals surface area (Å²) in [6, 6.07) is 0. The molecule has 0 spiro atoms. The SMILES string of the molecule is [2H]C([2H])(CCCCCCCCCCCCCCCCC)C([2H])([2H])C(=O)O. The van der Waals surface area contributed by atoms with E-state index in [1.54, 1.807) is 0 Å². The first kappa shape index (κ1) is 15.0. The first-order valence-corrected chi connectivity index (χ1v) is 9.49. The van der Waals surface area contributed by atoms with Crippen LogP contribution >= 0.6 is 0 Å². The number of rotatable bonds is 18. The van der Waals surface area contributed by atoms with Crippen LogP contribution in [0.4, 0.5) is 0 Å². The number of carboxylic acids is 1. The smallest absolute Gasteiger partial charge is 0.303 e. The van der Waals surface area contributed by atoms with Crippen LogP contribution in [-0.2, 0) is 4.79 Å². The van der Waals surface area contributed by atoms with Gasteiger partial charge in [-0.05, 0) is 6.37 Å². The molecule has 0 aliphatic carbocycles. The fraction of sp³-hybridized carbons (Fsp3) is 0.950. The lowest BCUT2D eigenvalue weighted by Gasteiger charge is -2.03. The lowest BCUT2D eigenvalue weighted by molar-refractivity contribution is -0.137. The molecule has 2 heteroatoms. The quantitative estimate of drug-likeness (QED) is 0.273. The zero-order valence-electron chi connectivity index (χ0n) is 18.7. The second kappa shape index (κ2) is 18.5. The van der Waals surface area contributed by atoms with Crippen molar-refractivity contribution in [2.45, 2.75) is 122 Å². The molecule has 0 aliphatic rings. The van der Waals surface area contributed by atoms with Gasteiger partial charge in [0.15, 0.2) is 0 Å². The Bertz CT molecular complexity index is 360. The van der Waals surface area contributed by atoms with Crippen molar-refractivity contribution in [3.8, 4) is 0 Å². The minimum Gasteiger partial charge on any atom is -0.481 e. The Morgan fingerprint density at radius 1 is 0.682 bits per heavy atom. The maximum absolute atomic E-state index is 10.8. The summed E-state index contributed by atoms with van der Waals surface area (Å²) in [5.41, 5.74) is 0. The Kier molecular flexibility index (Phi) is 12.6. The Morgan fingerprint density at radius 2 is 1.00 bits per heavy atom. The molecule has 0 bridgehead atoms. The lowest BCUT2D eigenvalue weighted by atomic mass is 10.0. The predicted molar refractivity (Wildman–Crippen MR) is 96.4 cm³/mol. The Hall–Kier alpha value is -0.530. The van der Waals surface area contributed by atoms with Crippen LogP contribution in [0.3, 0.4) is 0 Å². The minimum atomic E-state index is -2.82. The highest BCUT2D eigenvalue weighted by Gasteiger charge is 1.97. The van der Waals surface area contributed by atoms with Gasteiger partial charge in [-0.15, -0.1) is 0 Å². The first-order valence-electron chi connectivity index (χ1n) is 11.5. The van der Waals surface area contributed by atoms with E-state index in [4.69, 9.17) is 10.6 Å². The molecule has 0 aromatic heterocycles. The maximum atomic E-state index is 10.8. The van der Waals surface area contributed by atoms with Gasteiger partial charge in [0.05, 0.1) is 0 Å². The molecule has 0 rings (SSSR count). The molecule has 22 heavy (non-hydrogen) atoms. The molecule has 0 saturated carbocycles. The van der Waals surface area contributed by atoms with Crippen molar-refractivity contribution in [1.82, 2.24) is 0 Å². The average Bonchev–Trinajstić information content (AvgIpc) is 2.58. The van der Waals surface area contributed by atoms with Gasteiger partial charge in [0, 0.05) is 11.9 Å². The molecule has 0 fully saturated rings. The van der Waals surface area contributed by atoms with Crippen molar-refractivity contribution < 1.29 is 15.4 Å². The molecule has 1 N–H and O–H groups in total. The van der Waals surface area contributed by atoms with Gasteiger partial charge < -0.3 is 5.11 Å². The number of hydrogen-bond acceptors (Lipinski definition) is 1. The van der Waals surface area contributed by atoms with Crippen LogP contribution in [-0.4, -0.2) is 11.1 Å². The molecular weight excluding hydrogens is 272 g/mol. The van der Waals surface area contributed by atoms with E-state index < -0.39 is 18.7 Å². The lowest BCUT2D eigenvalue weighted by Crippen LogP contribution is -1.93. The second-order valence-corrected chi connectivity index (χ2v) is 6.31. The number of carboxylic acid groups (broad SMARTS) is 1. The topological polar surface area (TPSA) is 37.3 Å². The average molecular weight is 317 g/mol. The number of unbranched alkanes of at least 4 members (excludes halogenated alkanes) is 14. The molecule has 0 aromatic rings. The Morgan fingerprint density at radius 3 is 1.32 bits per heavy atom. The van der Waals surface area contributed by atoms with Gasteiger partial charge in [0.1, 0.15) is 0 Å². The van der Waals surface area contributed by atoms with Crippen molar-refractivity contribution in [1.29, 1.82) is 0 Å². The highest BCUT2D eigenvalue weighted by atomic mass is 16.4. The summed E-state index contributed by atoms with van der Waals surface area (Å²) in [6.45, 7) is 2.25. The van der Waals surface area contributed by atoms with Crippen LogP contribution in [0, 0.1) is 0 Å². The number of carbonyl (C=O) groups is 1. The zero-order valence-corrected chi connectivity index (χ0v) is 14.7. The summed E-state index contributed by atoms with van der Waals surface area (Å²) in [5, 5.41) is 8.79. The summed E-state index contributed by atoms with van der Waals surface area (Å²) < 4.78 is 30.0. The summed E-state index contributed by atoms with van der Waals surface area (Å²) in [5.74, 6) is -1.72. The van der Waals surface area contributed by atoms with Crippen molar-refractivity contribution in [3.05, 3.63) is 0 Å². The largest absolute Gasteiger partial charge is 0.481 e. The normalized spacial score (nSPS) is 15.0. The molecule has 0 saturated heterocycles. The molecule has 2 nitrogen and oxygen atoms in total. The first-order chi connectivity index (χ1) is 12.3. The highest BCUT2D eigenvalue weighted by Crippen LogP contribution is 2.14. The van der Waals surface area contributed by atoms with E-state index in [1.807, 2.05) is 0 Å². The third kappa shape index (κ3) is 19.5. The van der Waals surface area contributed by atoms with E-state index in [2.05, 4.69) is 6.92 Å². The maximum Gasteiger partial charge on any atom is 0.303 e.